The van der Waals surface area contributed by atoms with Crippen molar-refractivity contribution >= 4 is 23.6 Å². The summed E-state index contributed by atoms with van der Waals surface area (Å²) in [6.45, 7) is 0.819. The minimum absolute atomic E-state index is 0.0173. The summed E-state index contributed by atoms with van der Waals surface area (Å²) in [6, 6.07) is 9.99. The van der Waals surface area contributed by atoms with Crippen LogP contribution in [-0.2, 0) is 4.74 Å². The number of hydrogen-bond donors (Lipinski definition) is 7. The number of carbonyl (C=O) groups is 4. The van der Waals surface area contributed by atoms with E-state index in [0.29, 0.717) is 19.4 Å². The van der Waals surface area contributed by atoms with E-state index in [2.05, 4.69) is 10.6 Å². The summed E-state index contributed by atoms with van der Waals surface area (Å²) >= 11 is 0. The molecule has 3 aromatic carbocycles. The summed E-state index contributed by atoms with van der Waals surface area (Å²) in [5.74, 6) is -6.38. The Balaban J connectivity index is 1.61. The van der Waals surface area contributed by atoms with Crippen molar-refractivity contribution in [2.24, 2.45) is 0 Å². The van der Waals surface area contributed by atoms with E-state index < -0.39 is 69.7 Å². The SMILES string of the molecule is O=C(O)c1cc(O)c(C(=O)c2c(O)cccc2C(=O)N[C@H]2CNCCC[C@@H]2OC(=O)c2ccc(O)cc2)c(O)c1. The van der Waals surface area contributed by atoms with Gasteiger partial charge in [0, 0.05) is 6.54 Å². The van der Waals surface area contributed by atoms with Gasteiger partial charge in [-0.2, -0.15) is 0 Å². The maximum Gasteiger partial charge on any atom is 0.338 e. The number of carbonyl (C=O) groups excluding carboxylic acids is 3. The summed E-state index contributed by atoms with van der Waals surface area (Å²) < 4.78 is 5.67. The van der Waals surface area contributed by atoms with E-state index in [1.165, 1.54) is 36.4 Å². The largest absolute Gasteiger partial charge is 0.508 e. The van der Waals surface area contributed by atoms with Crippen molar-refractivity contribution in [1.29, 1.82) is 0 Å². The molecule has 7 N–H and O–H groups in total. The molecular formula is C28H26N2O10. The predicted octanol–water partition coefficient (Wildman–Crippen LogP) is 2.15. The number of esters is 1. The average Bonchev–Trinajstić information content (AvgIpc) is 3.12. The molecule has 0 radical (unpaired) electrons. The quantitative estimate of drug-likeness (QED) is 0.168. The highest BCUT2D eigenvalue weighted by molar-refractivity contribution is 6.19. The van der Waals surface area contributed by atoms with Crippen LogP contribution in [0.4, 0.5) is 0 Å². The Morgan fingerprint density at radius 2 is 1.52 bits per heavy atom. The van der Waals surface area contributed by atoms with Crippen molar-refractivity contribution in [3.8, 4) is 23.0 Å². The van der Waals surface area contributed by atoms with E-state index in [1.807, 2.05) is 0 Å². The number of amides is 1. The van der Waals surface area contributed by atoms with E-state index in [0.717, 1.165) is 18.2 Å². The summed E-state index contributed by atoms with van der Waals surface area (Å²) in [5, 5.41) is 55.6. The number of aromatic carboxylic acids is 1. The van der Waals surface area contributed by atoms with Crippen LogP contribution in [0.3, 0.4) is 0 Å². The van der Waals surface area contributed by atoms with E-state index in [4.69, 9.17) is 9.84 Å². The third kappa shape index (κ3) is 5.97. The van der Waals surface area contributed by atoms with Gasteiger partial charge < -0.3 is 40.9 Å². The molecule has 12 nitrogen and oxygen atoms in total. The Morgan fingerprint density at radius 1 is 0.850 bits per heavy atom. The molecular weight excluding hydrogens is 524 g/mol. The third-order valence-electron chi connectivity index (χ3n) is 6.42. The second-order valence-corrected chi connectivity index (χ2v) is 9.14. The van der Waals surface area contributed by atoms with Gasteiger partial charge in [-0.15, -0.1) is 0 Å². The summed E-state index contributed by atoms with van der Waals surface area (Å²) in [5.41, 5.74) is -1.80. The van der Waals surface area contributed by atoms with E-state index in [9.17, 15) is 39.6 Å². The van der Waals surface area contributed by atoms with Gasteiger partial charge in [-0.05, 0) is 67.9 Å². The van der Waals surface area contributed by atoms with Crippen molar-refractivity contribution in [2.45, 2.75) is 25.0 Å². The Morgan fingerprint density at radius 3 is 2.17 bits per heavy atom. The second-order valence-electron chi connectivity index (χ2n) is 9.14. The molecule has 0 bridgehead atoms. The number of phenols is 4. The molecule has 0 spiro atoms. The van der Waals surface area contributed by atoms with Crippen LogP contribution in [0, 0.1) is 0 Å². The molecule has 1 amide bonds. The van der Waals surface area contributed by atoms with Crippen molar-refractivity contribution in [3.05, 3.63) is 82.4 Å². The first-order chi connectivity index (χ1) is 19.1. The van der Waals surface area contributed by atoms with E-state index in [-0.39, 0.29) is 23.4 Å². The topological polar surface area (TPSA) is 203 Å². The Bertz CT molecular complexity index is 1450. The Labute approximate surface area is 227 Å². The molecule has 12 heteroatoms. The zero-order valence-electron chi connectivity index (χ0n) is 21.0. The van der Waals surface area contributed by atoms with Crippen LogP contribution in [0.1, 0.15) is 59.8 Å². The van der Waals surface area contributed by atoms with Crippen molar-refractivity contribution in [2.75, 3.05) is 13.1 Å². The molecule has 1 fully saturated rings. The van der Waals surface area contributed by atoms with Crippen molar-refractivity contribution in [1.82, 2.24) is 10.6 Å². The van der Waals surface area contributed by atoms with Crippen LogP contribution < -0.4 is 10.6 Å². The number of nitrogens with one attached hydrogen (secondary N) is 2. The molecule has 3 aromatic rings. The number of benzene rings is 3. The summed E-state index contributed by atoms with van der Waals surface area (Å²) in [4.78, 5) is 50.7. The zero-order valence-corrected chi connectivity index (χ0v) is 21.0. The molecule has 1 heterocycles. The van der Waals surface area contributed by atoms with Crippen LogP contribution >= 0.6 is 0 Å². The highest BCUT2D eigenvalue weighted by Crippen LogP contribution is 2.34. The van der Waals surface area contributed by atoms with E-state index in [1.54, 1.807) is 0 Å². The number of carboxylic acids is 1. The first kappa shape index (κ1) is 27.9. The Hall–Kier alpha value is -5.10. The summed E-state index contributed by atoms with van der Waals surface area (Å²) in [6.07, 6.45) is 0.291. The maximum atomic E-state index is 13.4. The lowest BCUT2D eigenvalue weighted by molar-refractivity contribution is 0.0192. The molecule has 40 heavy (non-hydrogen) atoms. The van der Waals surface area contributed by atoms with E-state index >= 15 is 0 Å². The number of carboxylic acid groups (broad SMARTS) is 1. The van der Waals surface area contributed by atoms with Gasteiger partial charge in [0.1, 0.15) is 34.7 Å². The van der Waals surface area contributed by atoms with Gasteiger partial charge in [0.15, 0.2) is 0 Å². The lowest BCUT2D eigenvalue weighted by Crippen LogP contribution is -2.49. The molecule has 0 saturated carbocycles. The van der Waals surface area contributed by atoms with Gasteiger partial charge in [0.25, 0.3) is 5.91 Å². The first-order valence-corrected chi connectivity index (χ1v) is 12.2. The lowest BCUT2D eigenvalue weighted by atomic mass is 9.94. The molecule has 1 saturated heterocycles. The van der Waals surface area contributed by atoms with Gasteiger partial charge >= 0.3 is 11.9 Å². The van der Waals surface area contributed by atoms with Gasteiger partial charge in [-0.3, -0.25) is 9.59 Å². The first-order valence-electron chi connectivity index (χ1n) is 12.2. The monoisotopic (exact) mass is 550 g/mol. The van der Waals surface area contributed by atoms with Crippen LogP contribution in [0.15, 0.2) is 54.6 Å². The number of rotatable bonds is 7. The Kier molecular flexibility index (Phi) is 8.20. The van der Waals surface area contributed by atoms with Crippen LogP contribution in [0.2, 0.25) is 0 Å². The third-order valence-corrected chi connectivity index (χ3v) is 6.42. The van der Waals surface area contributed by atoms with Crippen molar-refractivity contribution in [3.63, 3.8) is 0 Å². The minimum atomic E-state index is -1.45. The lowest BCUT2D eigenvalue weighted by Gasteiger charge is -2.26. The van der Waals surface area contributed by atoms with Crippen LogP contribution in [-0.4, -0.2) is 74.4 Å². The molecule has 4 rings (SSSR count). The molecule has 0 unspecified atom stereocenters. The molecule has 0 aliphatic carbocycles. The van der Waals surface area contributed by atoms with Crippen molar-refractivity contribution < 1.29 is 49.4 Å². The standard InChI is InChI=1S/C28H26N2O10/c31-16-8-6-14(7-9-16)28(39)40-22-5-2-10-29-13-18(22)30-26(36)17-3-1-4-19(32)23(17)25(35)24-20(33)11-15(27(37)38)12-21(24)34/h1,3-4,6-9,11-12,18,22,29,31-34H,2,5,10,13H2,(H,30,36)(H,37,38)/t18-,22-/m0/s1. The second kappa shape index (κ2) is 11.7. The number of ether oxygens (including phenoxy) is 1. The molecule has 0 aromatic heterocycles. The van der Waals surface area contributed by atoms with Crippen LogP contribution in [0.25, 0.3) is 0 Å². The normalized spacial score (nSPS) is 16.9. The fraction of sp³-hybridized carbons (Fsp3) is 0.214. The molecule has 2 atom stereocenters. The van der Waals surface area contributed by atoms with Crippen LogP contribution in [0.5, 0.6) is 23.0 Å². The van der Waals surface area contributed by atoms with Gasteiger partial charge in [-0.1, -0.05) is 6.07 Å². The highest BCUT2D eigenvalue weighted by Gasteiger charge is 2.32. The number of phenolic OH excluding ortho intramolecular Hbond substituents is 4. The van der Waals surface area contributed by atoms with Gasteiger partial charge in [0.05, 0.1) is 28.3 Å². The number of aromatic hydroxyl groups is 4. The minimum Gasteiger partial charge on any atom is -0.508 e. The molecule has 208 valence electrons. The fourth-order valence-corrected chi connectivity index (χ4v) is 4.41. The summed E-state index contributed by atoms with van der Waals surface area (Å²) in [7, 11) is 0. The molecule has 1 aliphatic heterocycles. The highest BCUT2D eigenvalue weighted by atomic mass is 16.5. The van der Waals surface area contributed by atoms with Gasteiger partial charge in [-0.25, -0.2) is 9.59 Å². The average molecular weight is 551 g/mol. The fourth-order valence-electron chi connectivity index (χ4n) is 4.41. The number of ketones is 1. The molecule has 1 aliphatic rings. The zero-order chi connectivity index (χ0) is 29.0. The van der Waals surface area contributed by atoms with Gasteiger partial charge in [0.2, 0.25) is 5.78 Å². The smallest absolute Gasteiger partial charge is 0.338 e. The number of hydrogen-bond acceptors (Lipinski definition) is 10. The maximum absolute atomic E-state index is 13.4. The predicted molar refractivity (Wildman–Crippen MR) is 139 cm³/mol.